The Kier molecular flexibility index (Phi) is 4.30. The number of nitro benzene ring substituents is 1. The molecule has 1 fully saturated rings. The van der Waals surface area contributed by atoms with E-state index in [0.29, 0.717) is 18.1 Å². The van der Waals surface area contributed by atoms with Crippen LogP contribution in [0.15, 0.2) is 28.7 Å². The summed E-state index contributed by atoms with van der Waals surface area (Å²) in [6.45, 7) is 2.65. The summed E-state index contributed by atoms with van der Waals surface area (Å²) < 4.78 is 7.13. The molecule has 0 unspecified atom stereocenters. The van der Waals surface area contributed by atoms with E-state index in [1.54, 1.807) is 16.8 Å². The Morgan fingerprint density at radius 3 is 2.82 bits per heavy atom. The van der Waals surface area contributed by atoms with E-state index in [-0.39, 0.29) is 10.5 Å². The molecule has 1 saturated heterocycles. The Morgan fingerprint density at radius 2 is 2.09 bits per heavy atom. The average molecular weight is 320 g/mol. The molecule has 2 aromatic rings. The molecule has 0 amide bonds. The molecule has 3 rings (SSSR count). The van der Waals surface area contributed by atoms with E-state index in [1.165, 1.54) is 31.4 Å². The van der Waals surface area contributed by atoms with Gasteiger partial charge in [0.15, 0.2) is 0 Å². The van der Waals surface area contributed by atoms with Crippen molar-refractivity contribution < 1.29 is 9.34 Å². The van der Waals surface area contributed by atoms with Crippen LogP contribution in [-0.2, 0) is 6.67 Å². The Labute approximate surface area is 132 Å². The van der Waals surface area contributed by atoms with Gasteiger partial charge < -0.3 is 4.42 Å². The van der Waals surface area contributed by atoms with Gasteiger partial charge in [0.25, 0.3) is 10.5 Å². The number of hydrogen-bond donors (Lipinski definition) is 0. The highest BCUT2D eigenvalue weighted by atomic mass is 32.1. The number of non-ortho nitro benzene ring substituents is 1. The zero-order valence-corrected chi connectivity index (χ0v) is 12.8. The third-order valence-electron chi connectivity index (χ3n) is 3.69. The van der Waals surface area contributed by atoms with Crippen molar-refractivity contribution >= 4 is 17.9 Å². The summed E-state index contributed by atoms with van der Waals surface area (Å²) in [5.41, 5.74) is 0.557. The molecule has 8 heteroatoms. The van der Waals surface area contributed by atoms with Crippen LogP contribution < -0.4 is 0 Å². The standard InChI is InChI=1S/C14H16N4O3S/c19-18(20)12-6-4-5-11(9-12)13-15-17(14(22)21-13)10-16-7-2-1-3-8-16/h4-6,9H,1-3,7-8,10H2. The van der Waals surface area contributed by atoms with Gasteiger partial charge in [-0.05, 0) is 44.2 Å². The van der Waals surface area contributed by atoms with Gasteiger partial charge in [0.1, 0.15) is 0 Å². The lowest BCUT2D eigenvalue weighted by molar-refractivity contribution is -0.384. The number of rotatable bonds is 4. The first-order chi connectivity index (χ1) is 10.6. The minimum atomic E-state index is -0.442. The fourth-order valence-corrected chi connectivity index (χ4v) is 2.73. The number of likely N-dealkylation sites (tertiary alicyclic amines) is 1. The fraction of sp³-hybridized carbons (Fsp3) is 0.429. The maximum atomic E-state index is 10.8. The van der Waals surface area contributed by atoms with E-state index >= 15 is 0 Å². The monoisotopic (exact) mass is 320 g/mol. The minimum absolute atomic E-state index is 0.00389. The van der Waals surface area contributed by atoms with Crippen molar-refractivity contribution in [2.45, 2.75) is 25.9 Å². The van der Waals surface area contributed by atoms with Gasteiger partial charge in [-0.25, -0.2) is 4.68 Å². The molecular formula is C14H16N4O3S. The van der Waals surface area contributed by atoms with Crippen LogP contribution >= 0.6 is 12.2 Å². The van der Waals surface area contributed by atoms with Gasteiger partial charge in [-0.15, -0.1) is 5.10 Å². The predicted octanol–water partition coefficient (Wildman–Crippen LogP) is 3.22. The molecule has 0 bridgehead atoms. The summed E-state index contributed by atoms with van der Waals surface area (Å²) in [4.78, 5) is 13.0. The molecule has 0 aliphatic carbocycles. The Balaban J connectivity index is 1.83. The lowest BCUT2D eigenvalue weighted by Crippen LogP contribution is -2.32. The second-order valence-corrected chi connectivity index (χ2v) is 5.65. The molecule has 1 aromatic heterocycles. The second-order valence-electron chi connectivity index (χ2n) is 5.30. The van der Waals surface area contributed by atoms with Crippen molar-refractivity contribution in [2.24, 2.45) is 0 Å². The highest BCUT2D eigenvalue weighted by molar-refractivity contribution is 7.71. The zero-order valence-electron chi connectivity index (χ0n) is 12.0. The van der Waals surface area contributed by atoms with Crippen molar-refractivity contribution in [3.8, 4) is 11.5 Å². The molecule has 116 valence electrons. The smallest absolute Gasteiger partial charge is 0.288 e. The molecule has 1 aromatic carbocycles. The van der Waals surface area contributed by atoms with Crippen LogP contribution in [-0.4, -0.2) is 32.7 Å². The minimum Gasteiger partial charge on any atom is -0.409 e. The fourth-order valence-electron chi connectivity index (χ4n) is 2.56. The van der Waals surface area contributed by atoms with E-state index in [9.17, 15) is 10.1 Å². The van der Waals surface area contributed by atoms with Gasteiger partial charge in [-0.3, -0.25) is 15.0 Å². The molecule has 0 saturated carbocycles. The molecule has 0 spiro atoms. The molecule has 0 atom stereocenters. The van der Waals surface area contributed by atoms with Crippen LogP contribution in [0.25, 0.3) is 11.5 Å². The number of nitrogens with zero attached hydrogens (tertiary/aromatic N) is 4. The summed E-state index contributed by atoms with van der Waals surface area (Å²) in [7, 11) is 0. The molecule has 1 aliphatic heterocycles. The third kappa shape index (κ3) is 3.23. The molecule has 0 N–H and O–H groups in total. The number of aromatic nitrogens is 2. The molecular weight excluding hydrogens is 304 g/mol. The first-order valence-corrected chi connectivity index (χ1v) is 7.59. The number of hydrogen-bond acceptors (Lipinski definition) is 6. The van der Waals surface area contributed by atoms with Crippen LogP contribution in [0.3, 0.4) is 0 Å². The zero-order chi connectivity index (χ0) is 15.5. The summed E-state index contributed by atoms with van der Waals surface area (Å²) in [5.74, 6) is 0.311. The van der Waals surface area contributed by atoms with Gasteiger partial charge in [-0.2, -0.15) is 0 Å². The molecule has 1 aliphatic rings. The normalized spacial score (nSPS) is 15.8. The van der Waals surface area contributed by atoms with Gasteiger partial charge in [-0.1, -0.05) is 12.5 Å². The van der Waals surface area contributed by atoms with Crippen molar-refractivity contribution in [3.63, 3.8) is 0 Å². The van der Waals surface area contributed by atoms with Gasteiger partial charge >= 0.3 is 0 Å². The quantitative estimate of drug-likeness (QED) is 0.489. The summed E-state index contributed by atoms with van der Waals surface area (Å²) in [6, 6.07) is 6.20. The third-order valence-corrected chi connectivity index (χ3v) is 3.99. The summed E-state index contributed by atoms with van der Waals surface area (Å²) in [5, 5.41) is 15.2. The largest absolute Gasteiger partial charge is 0.409 e. The maximum absolute atomic E-state index is 10.8. The lowest BCUT2D eigenvalue weighted by atomic mass is 10.1. The lowest BCUT2D eigenvalue weighted by Gasteiger charge is -2.25. The van der Waals surface area contributed by atoms with E-state index in [2.05, 4.69) is 10.00 Å². The Hall–Kier alpha value is -2.06. The SMILES string of the molecule is O=[N+]([O-])c1cccc(-c2nn(CN3CCCCC3)c(=S)o2)c1. The molecule has 22 heavy (non-hydrogen) atoms. The molecule has 2 heterocycles. The topological polar surface area (TPSA) is 77.3 Å². The Morgan fingerprint density at radius 1 is 1.32 bits per heavy atom. The number of benzene rings is 1. The molecule has 7 nitrogen and oxygen atoms in total. The van der Waals surface area contributed by atoms with Crippen LogP contribution in [0.2, 0.25) is 0 Å². The number of nitro groups is 1. The highest BCUT2D eigenvalue weighted by Crippen LogP contribution is 2.23. The summed E-state index contributed by atoms with van der Waals surface area (Å²) >= 11 is 5.20. The maximum Gasteiger partial charge on any atom is 0.288 e. The van der Waals surface area contributed by atoms with E-state index in [1.807, 2.05) is 0 Å². The first-order valence-electron chi connectivity index (χ1n) is 7.18. The van der Waals surface area contributed by atoms with Gasteiger partial charge in [0.05, 0.1) is 11.6 Å². The molecule has 0 radical (unpaired) electrons. The van der Waals surface area contributed by atoms with Crippen LogP contribution in [0, 0.1) is 15.0 Å². The van der Waals surface area contributed by atoms with Gasteiger partial charge in [0.2, 0.25) is 5.89 Å². The highest BCUT2D eigenvalue weighted by Gasteiger charge is 2.15. The van der Waals surface area contributed by atoms with E-state index in [4.69, 9.17) is 16.6 Å². The second kappa shape index (κ2) is 6.37. The Bertz CT molecular complexity index is 734. The average Bonchev–Trinajstić information content (AvgIpc) is 2.89. The predicted molar refractivity (Wildman–Crippen MR) is 82.8 cm³/mol. The van der Waals surface area contributed by atoms with Crippen LogP contribution in [0.4, 0.5) is 5.69 Å². The van der Waals surface area contributed by atoms with Crippen LogP contribution in [0.5, 0.6) is 0 Å². The van der Waals surface area contributed by atoms with Crippen molar-refractivity contribution in [2.75, 3.05) is 13.1 Å². The van der Waals surface area contributed by atoms with Crippen LogP contribution in [0.1, 0.15) is 19.3 Å². The van der Waals surface area contributed by atoms with Crippen molar-refractivity contribution in [1.82, 2.24) is 14.7 Å². The number of piperidine rings is 1. The summed E-state index contributed by atoms with van der Waals surface area (Å²) in [6.07, 6.45) is 3.63. The van der Waals surface area contributed by atoms with Gasteiger partial charge in [0, 0.05) is 17.7 Å². The van der Waals surface area contributed by atoms with Crippen molar-refractivity contribution in [3.05, 3.63) is 39.2 Å². The van der Waals surface area contributed by atoms with E-state index in [0.717, 1.165) is 13.1 Å². The first kappa shape index (κ1) is 14.9. The van der Waals surface area contributed by atoms with E-state index < -0.39 is 4.92 Å². The van der Waals surface area contributed by atoms with Crippen molar-refractivity contribution in [1.29, 1.82) is 0 Å².